The Morgan fingerprint density at radius 3 is 2.50 bits per heavy atom. The zero-order valence-corrected chi connectivity index (χ0v) is 16.6. The second-order valence-electron chi connectivity index (χ2n) is 5.73. The van der Waals surface area contributed by atoms with E-state index in [1.807, 2.05) is 0 Å². The molecule has 1 rings (SSSR count). The monoisotopic (exact) mass is 440 g/mol. The molecule has 2 N–H and O–H groups in total. The van der Waals surface area contributed by atoms with Crippen LogP contribution in [0.15, 0.2) is 22.7 Å². The Kier molecular flexibility index (Phi) is 7.23. The number of nitrogens with zero attached hydrogens (tertiary/aromatic N) is 1. The van der Waals surface area contributed by atoms with Crippen LogP contribution in [0.25, 0.3) is 0 Å². The van der Waals surface area contributed by atoms with Gasteiger partial charge >= 0.3 is 0 Å². The molecule has 0 heterocycles. The minimum Gasteiger partial charge on any atom is -0.321 e. The molecule has 0 radical (unpaired) electrons. The van der Waals surface area contributed by atoms with E-state index < -0.39 is 32.6 Å². The van der Waals surface area contributed by atoms with E-state index in [1.54, 1.807) is 12.3 Å². The highest BCUT2D eigenvalue weighted by molar-refractivity contribution is 9.10. The van der Waals surface area contributed by atoms with Gasteiger partial charge in [0.25, 0.3) is 0 Å². The van der Waals surface area contributed by atoms with Gasteiger partial charge in [0.05, 0.1) is 11.6 Å². The number of hydrogen-bond acceptors (Lipinski definition) is 5. The lowest BCUT2D eigenvalue weighted by atomic mass is 9.85. The Morgan fingerprint density at radius 1 is 1.42 bits per heavy atom. The molecular weight excluding hydrogens is 422 g/mol. The number of rotatable bonds is 8. The Labute approximate surface area is 153 Å². The van der Waals surface area contributed by atoms with Crippen molar-refractivity contribution in [1.29, 1.82) is 5.26 Å². The molecule has 0 fully saturated rings. The topological polar surface area (TPSA) is 83.9 Å². The fourth-order valence-electron chi connectivity index (χ4n) is 2.37. The standard InChI is InChI=1S/C15H19BrF2N2O2S2/c1-23-10-15(20,12-7-11(16)3-4-13(12)18)6-5-14(8-17,9-19)24(2,21)22/h3-4,7H,5-6,8,10,20H2,1-2H3. The molecule has 0 spiro atoms. The molecule has 4 nitrogen and oxygen atoms in total. The molecule has 0 aliphatic carbocycles. The smallest absolute Gasteiger partial charge is 0.186 e. The summed E-state index contributed by atoms with van der Waals surface area (Å²) in [6.45, 7) is -1.33. The molecule has 0 aliphatic rings. The number of alkyl halides is 1. The van der Waals surface area contributed by atoms with Crippen LogP contribution < -0.4 is 5.73 Å². The second-order valence-corrected chi connectivity index (χ2v) is 9.83. The zero-order chi connectivity index (χ0) is 18.6. The third kappa shape index (κ3) is 4.48. The molecule has 0 aromatic heterocycles. The van der Waals surface area contributed by atoms with Crippen molar-refractivity contribution in [3.8, 4) is 6.07 Å². The fraction of sp³-hybridized carbons (Fsp3) is 0.533. The molecule has 0 saturated heterocycles. The largest absolute Gasteiger partial charge is 0.321 e. The number of nitriles is 1. The van der Waals surface area contributed by atoms with E-state index >= 15 is 0 Å². The van der Waals surface area contributed by atoms with Gasteiger partial charge in [-0.15, -0.1) is 0 Å². The van der Waals surface area contributed by atoms with E-state index in [0.717, 1.165) is 6.26 Å². The first-order chi connectivity index (χ1) is 11.0. The van der Waals surface area contributed by atoms with Gasteiger partial charge < -0.3 is 5.73 Å². The van der Waals surface area contributed by atoms with Gasteiger partial charge in [-0.05, 0) is 37.3 Å². The lowest BCUT2D eigenvalue weighted by Gasteiger charge is -2.33. The van der Waals surface area contributed by atoms with Gasteiger partial charge in [0.15, 0.2) is 14.6 Å². The molecule has 2 unspecified atom stereocenters. The summed E-state index contributed by atoms with van der Waals surface area (Å²) in [6, 6.07) is 5.87. The first-order valence-corrected chi connectivity index (χ1v) is 11.0. The van der Waals surface area contributed by atoms with Crippen molar-refractivity contribution < 1.29 is 17.2 Å². The maximum absolute atomic E-state index is 14.2. The second kappa shape index (κ2) is 8.13. The quantitative estimate of drug-likeness (QED) is 0.670. The molecule has 1 aromatic rings. The average molecular weight is 441 g/mol. The van der Waals surface area contributed by atoms with Crippen molar-refractivity contribution in [1.82, 2.24) is 0 Å². The summed E-state index contributed by atoms with van der Waals surface area (Å²) < 4.78 is 49.8. The van der Waals surface area contributed by atoms with Crippen LogP contribution in [0.5, 0.6) is 0 Å². The van der Waals surface area contributed by atoms with Crippen molar-refractivity contribution >= 4 is 37.5 Å². The van der Waals surface area contributed by atoms with Gasteiger partial charge in [-0.2, -0.15) is 17.0 Å². The third-order valence-electron chi connectivity index (χ3n) is 3.97. The average Bonchev–Trinajstić information content (AvgIpc) is 2.50. The summed E-state index contributed by atoms with van der Waals surface area (Å²) in [5.41, 5.74) is 5.32. The number of thioether (sulfide) groups is 1. The maximum atomic E-state index is 14.2. The highest BCUT2D eigenvalue weighted by atomic mass is 79.9. The first-order valence-electron chi connectivity index (χ1n) is 6.95. The fourth-order valence-corrected chi connectivity index (χ4v) is 4.38. The van der Waals surface area contributed by atoms with Crippen molar-refractivity contribution in [3.05, 3.63) is 34.1 Å². The Balaban J connectivity index is 3.27. The molecule has 2 atom stereocenters. The highest BCUT2D eigenvalue weighted by Crippen LogP contribution is 2.35. The van der Waals surface area contributed by atoms with Crippen LogP contribution >= 0.6 is 27.7 Å². The minimum absolute atomic E-state index is 0.0498. The Hall–Kier alpha value is -0.690. The molecule has 0 amide bonds. The minimum atomic E-state index is -3.97. The number of sulfone groups is 1. The van der Waals surface area contributed by atoms with Crippen LogP contribution in [0, 0.1) is 17.1 Å². The van der Waals surface area contributed by atoms with Crippen LogP contribution in [0.3, 0.4) is 0 Å². The zero-order valence-electron chi connectivity index (χ0n) is 13.4. The molecule has 9 heteroatoms. The van der Waals surface area contributed by atoms with E-state index in [2.05, 4.69) is 15.9 Å². The Morgan fingerprint density at radius 2 is 2.04 bits per heavy atom. The third-order valence-corrected chi connectivity index (χ3v) is 7.09. The first kappa shape index (κ1) is 21.4. The number of halogens is 3. The van der Waals surface area contributed by atoms with Gasteiger partial charge in [-0.3, -0.25) is 0 Å². The van der Waals surface area contributed by atoms with E-state index in [-0.39, 0.29) is 24.2 Å². The van der Waals surface area contributed by atoms with Crippen LogP contribution in [-0.4, -0.2) is 38.1 Å². The molecule has 0 saturated carbocycles. The van der Waals surface area contributed by atoms with E-state index in [0.29, 0.717) is 4.47 Å². The Bertz CT molecular complexity index is 739. The van der Waals surface area contributed by atoms with Crippen LogP contribution in [-0.2, 0) is 15.4 Å². The normalized spacial score (nSPS) is 16.9. The molecule has 0 aliphatic heterocycles. The van der Waals surface area contributed by atoms with E-state index in [1.165, 1.54) is 30.0 Å². The summed E-state index contributed by atoms with van der Waals surface area (Å²) in [7, 11) is -3.97. The van der Waals surface area contributed by atoms with E-state index in [9.17, 15) is 22.5 Å². The summed E-state index contributed by atoms with van der Waals surface area (Å²) in [5.74, 6) is -0.241. The van der Waals surface area contributed by atoms with Gasteiger partial charge in [0.2, 0.25) is 0 Å². The maximum Gasteiger partial charge on any atom is 0.186 e. The van der Waals surface area contributed by atoms with Gasteiger partial charge in [0, 0.05) is 22.0 Å². The summed E-state index contributed by atoms with van der Waals surface area (Å²) >= 11 is 4.61. The number of benzene rings is 1. The van der Waals surface area contributed by atoms with Gasteiger partial charge in [-0.1, -0.05) is 15.9 Å². The van der Waals surface area contributed by atoms with Crippen LogP contribution in [0.1, 0.15) is 18.4 Å². The van der Waals surface area contributed by atoms with Crippen molar-refractivity contribution in [3.63, 3.8) is 0 Å². The summed E-state index contributed by atoms with van der Waals surface area (Å²) in [5, 5.41) is 9.21. The molecule has 24 heavy (non-hydrogen) atoms. The molecule has 134 valence electrons. The molecular formula is C15H19BrF2N2O2S2. The number of nitrogens with two attached hydrogens (primary N) is 1. The molecule has 1 aromatic carbocycles. The van der Waals surface area contributed by atoms with Gasteiger partial charge in [0.1, 0.15) is 12.5 Å². The van der Waals surface area contributed by atoms with Crippen molar-refractivity contribution in [2.75, 3.05) is 24.9 Å². The predicted octanol–water partition coefficient (Wildman–Crippen LogP) is 3.16. The lowest BCUT2D eigenvalue weighted by molar-refractivity contribution is 0.355. The summed E-state index contributed by atoms with van der Waals surface area (Å²) in [6.07, 6.45) is 2.23. The summed E-state index contributed by atoms with van der Waals surface area (Å²) in [4.78, 5) is 0. The molecule has 0 bridgehead atoms. The lowest BCUT2D eigenvalue weighted by Crippen LogP contribution is -2.45. The SMILES string of the molecule is CSCC(N)(CCC(C#N)(CF)S(C)(=O)=O)c1cc(Br)ccc1F. The van der Waals surface area contributed by atoms with E-state index in [4.69, 9.17) is 5.73 Å². The number of hydrogen-bond donors (Lipinski definition) is 1. The van der Waals surface area contributed by atoms with Crippen molar-refractivity contribution in [2.45, 2.75) is 23.1 Å². The highest BCUT2D eigenvalue weighted by Gasteiger charge is 2.44. The predicted molar refractivity (Wildman–Crippen MR) is 96.7 cm³/mol. The van der Waals surface area contributed by atoms with Crippen LogP contribution in [0.4, 0.5) is 8.78 Å². The van der Waals surface area contributed by atoms with Crippen molar-refractivity contribution in [2.24, 2.45) is 5.73 Å². The van der Waals surface area contributed by atoms with Crippen LogP contribution in [0.2, 0.25) is 0 Å². The van der Waals surface area contributed by atoms with Gasteiger partial charge in [-0.25, -0.2) is 17.2 Å².